The van der Waals surface area contributed by atoms with Gasteiger partial charge in [0, 0.05) is 6.07 Å². The maximum atomic E-state index is 12.9. The first-order valence-electron chi connectivity index (χ1n) is 5.19. The number of H-pyrrole nitrogens is 1. The van der Waals surface area contributed by atoms with E-state index in [0.29, 0.717) is 15.9 Å². The Morgan fingerprint density at radius 1 is 1.37 bits per heavy atom. The molecule has 0 unspecified atom stereocenters. The number of nitrogens with zero attached hydrogens (tertiary/aromatic N) is 3. The third kappa shape index (κ3) is 2.22. The lowest BCUT2D eigenvalue weighted by Crippen LogP contribution is -2.09. The molecule has 19 heavy (non-hydrogen) atoms. The molecule has 6 nitrogen and oxygen atoms in total. The molecule has 0 aliphatic heterocycles. The van der Waals surface area contributed by atoms with E-state index in [2.05, 4.69) is 31.1 Å². The minimum Gasteiger partial charge on any atom is -0.438 e. The zero-order chi connectivity index (χ0) is 13.4. The van der Waals surface area contributed by atoms with Crippen molar-refractivity contribution in [1.82, 2.24) is 19.6 Å². The van der Waals surface area contributed by atoms with Gasteiger partial charge in [-0.1, -0.05) is 0 Å². The first-order chi connectivity index (χ1) is 9.13. The quantitative estimate of drug-likeness (QED) is 0.783. The first-order valence-corrected chi connectivity index (χ1v) is 5.98. The van der Waals surface area contributed by atoms with Gasteiger partial charge in [-0.15, -0.1) is 0 Å². The van der Waals surface area contributed by atoms with Gasteiger partial charge in [-0.3, -0.25) is 0 Å². The monoisotopic (exact) mass is 324 g/mol. The van der Waals surface area contributed by atoms with Gasteiger partial charge in [0.25, 0.3) is 0 Å². The number of halogens is 2. The normalized spacial score (nSPS) is 10.8. The highest BCUT2D eigenvalue weighted by atomic mass is 79.9. The Bertz CT molecular complexity index is 814. The summed E-state index contributed by atoms with van der Waals surface area (Å²) in [5.41, 5.74) is 0.00486. The topological polar surface area (TPSA) is 72.3 Å². The summed E-state index contributed by atoms with van der Waals surface area (Å²) in [6, 6.07) is 5.53. The molecular formula is C11H6BrFN4O2. The Kier molecular flexibility index (Phi) is 2.79. The molecule has 1 N–H and O–H groups in total. The number of benzene rings is 1. The maximum Gasteiger partial charge on any atom is 0.348 e. The van der Waals surface area contributed by atoms with E-state index >= 15 is 0 Å². The van der Waals surface area contributed by atoms with Crippen LogP contribution in [-0.4, -0.2) is 19.6 Å². The molecule has 0 aliphatic rings. The van der Waals surface area contributed by atoms with Crippen molar-refractivity contribution in [2.24, 2.45) is 0 Å². The van der Waals surface area contributed by atoms with Crippen molar-refractivity contribution >= 4 is 21.6 Å². The van der Waals surface area contributed by atoms with E-state index < -0.39 is 0 Å². The number of hydrogen-bond acceptors (Lipinski definition) is 4. The number of fused-ring (bicyclic) bond motifs is 1. The Hall–Kier alpha value is -2.22. The average molecular weight is 325 g/mol. The molecule has 0 fully saturated rings. The van der Waals surface area contributed by atoms with E-state index in [1.54, 1.807) is 0 Å². The fourth-order valence-corrected chi connectivity index (χ4v) is 1.95. The summed E-state index contributed by atoms with van der Waals surface area (Å²) in [5.74, 6) is 0.288. The summed E-state index contributed by atoms with van der Waals surface area (Å²) in [7, 11) is 0. The van der Waals surface area contributed by atoms with Crippen LogP contribution in [0.15, 0.2) is 39.9 Å². The van der Waals surface area contributed by atoms with Gasteiger partial charge in [0.05, 0.1) is 4.47 Å². The van der Waals surface area contributed by atoms with Gasteiger partial charge in [-0.2, -0.15) is 5.10 Å². The molecular weight excluding hydrogens is 319 g/mol. The molecule has 3 aromatic rings. The zero-order valence-corrected chi connectivity index (χ0v) is 10.9. The number of aromatic amines is 1. The van der Waals surface area contributed by atoms with E-state index in [1.807, 2.05) is 0 Å². The summed E-state index contributed by atoms with van der Waals surface area (Å²) in [6.45, 7) is 0. The van der Waals surface area contributed by atoms with Gasteiger partial charge in [-0.05, 0) is 34.1 Å². The van der Waals surface area contributed by atoms with Crippen LogP contribution in [0.1, 0.15) is 0 Å². The Labute approximate surface area is 114 Å². The van der Waals surface area contributed by atoms with E-state index in [9.17, 15) is 9.18 Å². The zero-order valence-electron chi connectivity index (χ0n) is 9.30. The minimum atomic E-state index is -0.378. The average Bonchev–Trinajstić information content (AvgIpc) is 2.74. The predicted molar refractivity (Wildman–Crippen MR) is 67.8 cm³/mol. The van der Waals surface area contributed by atoms with Gasteiger partial charge in [0.1, 0.15) is 17.9 Å². The van der Waals surface area contributed by atoms with E-state index in [1.165, 1.54) is 35.0 Å². The molecule has 3 rings (SSSR count). The minimum absolute atomic E-state index is 0.249. The lowest BCUT2D eigenvalue weighted by Gasteiger charge is -2.06. The SMILES string of the molecule is O=c1[nH]nc2cc(Oc3ccc(F)cc3Br)ncn12. The van der Waals surface area contributed by atoms with Crippen molar-refractivity contribution < 1.29 is 9.13 Å². The van der Waals surface area contributed by atoms with Gasteiger partial charge >= 0.3 is 5.69 Å². The van der Waals surface area contributed by atoms with E-state index in [4.69, 9.17) is 4.74 Å². The first kappa shape index (κ1) is 11.8. The van der Waals surface area contributed by atoms with Crippen LogP contribution in [0.4, 0.5) is 4.39 Å². The van der Waals surface area contributed by atoms with Crippen molar-refractivity contribution in [1.29, 1.82) is 0 Å². The molecule has 0 aliphatic carbocycles. The Morgan fingerprint density at radius 3 is 3.00 bits per heavy atom. The summed E-state index contributed by atoms with van der Waals surface area (Å²) in [4.78, 5) is 15.2. The molecule has 2 heterocycles. The molecule has 0 atom stereocenters. The predicted octanol–water partition coefficient (Wildman–Crippen LogP) is 2.11. The van der Waals surface area contributed by atoms with Crippen molar-refractivity contribution in [2.45, 2.75) is 0 Å². The Morgan fingerprint density at radius 2 is 2.21 bits per heavy atom. The second-order valence-electron chi connectivity index (χ2n) is 3.66. The smallest absolute Gasteiger partial charge is 0.348 e. The van der Waals surface area contributed by atoms with Crippen LogP contribution in [0, 0.1) is 5.82 Å². The van der Waals surface area contributed by atoms with Crippen LogP contribution >= 0.6 is 15.9 Å². The van der Waals surface area contributed by atoms with Crippen molar-refractivity contribution in [3.05, 3.63) is 51.4 Å². The van der Waals surface area contributed by atoms with Gasteiger partial charge in [-0.25, -0.2) is 23.7 Å². The van der Waals surface area contributed by atoms with Gasteiger partial charge in [0.15, 0.2) is 5.65 Å². The van der Waals surface area contributed by atoms with Crippen LogP contribution in [0.25, 0.3) is 5.65 Å². The van der Waals surface area contributed by atoms with Crippen molar-refractivity contribution in [3.63, 3.8) is 0 Å². The molecule has 0 bridgehead atoms. The van der Waals surface area contributed by atoms with Crippen LogP contribution in [0.3, 0.4) is 0 Å². The van der Waals surface area contributed by atoms with Crippen LogP contribution < -0.4 is 10.4 Å². The second kappa shape index (κ2) is 4.47. The molecule has 0 radical (unpaired) electrons. The van der Waals surface area contributed by atoms with Crippen LogP contribution in [0.5, 0.6) is 11.6 Å². The summed E-state index contributed by atoms with van der Waals surface area (Å²) >= 11 is 3.19. The number of aromatic nitrogens is 4. The molecule has 0 amide bonds. The Balaban J connectivity index is 1.98. The van der Waals surface area contributed by atoms with Crippen LogP contribution in [0.2, 0.25) is 0 Å². The molecule has 96 valence electrons. The van der Waals surface area contributed by atoms with E-state index in [0.717, 1.165) is 0 Å². The third-order valence-electron chi connectivity index (χ3n) is 2.39. The standard InChI is InChI=1S/C11H6BrFN4O2/c12-7-3-6(13)1-2-8(7)19-10-4-9-15-16-11(18)17(9)5-14-10/h1-5H,(H,16,18). The summed E-state index contributed by atoms with van der Waals surface area (Å²) in [6.07, 6.45) is 1.30. The number of ether oxygens (including phenoxy) is 1. The number of rotatable bonds is 2. The van der Waals surface area contributed by atoms with Gasteiger partial charge in [0.2, 0.25) is 5.88 Å². The third-order valence-corrected chi connectivity index (χ3v) is 3.01. The summed E-state index contributed by atoms with van der Waals surface area (Å²) < 4.78 is 20.1. The number of nitrogens with one attached hydrogen (secondary N) is 1. The highest BCUT2D eigenvalue weighted by Crippen LogP contribution is 2.29. The maximum absolute atomic E-state index is 12.9. The molecule has 0 spiro atoms. The van der Waals surface area contributed by atoms with Crippen molar-refractivity contribution in [2.75, 3.05) is 0 Å². The van der Waals surface area contributed by atoms with Crippen LogP contribution in [-0.2, 0) is 0 Å². The van der Waals surface area contributed by atoms with E-state index in [-0.39, 0.29) is 17.4 Å². The molecule has 8 heteroatoms. The lowest BCUT2D eigenvalue weighted by atomic mass is 10.3. The molecule has 0 saturated heterocycles. The van der Waals surface area contributed by atoms with Crippen molar-refractivity contribution in [3.8, 4) is 11.6 Å². The molecule has 2 aromatic heterocycles. The largest absolute Gasteiger partial charge is 0.438 e. The highest BCUT2D eigenvalue weighted by molar-refractivity contribution is 9.10. The second-order valence-corrected chi connectivity index (χ2v) is 4.52. The fourth-order valence-electron chi connectivity index (χ4n) is 1.52. The summed E-state index contributed by atoms with van der Waals surface area (Å²) in [5, 5.41) is 6.08. The lowest BCUT2D eigenvalue weighted by molar-refractivity contribution is 0.457. The molecule has 1 aromatic carbocycles. The molecule has 0 saturated carbocycles. The van der Waals surface area contributed by atoms with Gasteiger partial charge < -0.3 is 4.74 Å². The fraction of sp³-hybridized carbons (Fsp3) is 0. The number of hydrogen-bond donors (Lipinski definition) is 1. The highest BCUT2D eigenvalue weighted by Gasteiger charge is 2.07.